The predicted octanol–water partition coefficient (Wildman–Crippen LogP) is 2.87. The Labute approximate surface area is 144 Å². The number of fused-ring (bicyclic) bond motifs is 1. The zero-order chi connectivity index (χ0) is 17.1. The van der Waals surface area contributed by atoms with Gasteiger partial charge in [0.2, 0.25) is 10.9 Å². The number of carbonyl (C=O) groups excluding carboxylic acids is 1. The maximum Gasteiger partial charge on any atom is 0.234 e. The normalized spacial score (nSPS) is 11.3. The molecular formula is C17H21N5OS. The van der Waals surface area contributed by atoms with E-state index in [-0.39, 0.29) is 11.8 Å². The molecule has 1 N–H and O–H groups in total. The van der Waals surface area contributed by atoms with Crippen molar-refractivity contribution in [2.45, 2.75) is 46.1 Å². The van der Waals surface area contributed by atoms with Crippen molar-refractivity contribution in [2.75, 3.05) is 0 Å². The summed E-state index contributed by atoms with van der Waals surface area (Å²) in [6, 6.07) is 8.07. The Kier molecular flexibility index (Phi) is 4.89. The molecule has 0 aliphatic rings. The predicted molar refractivity (Wildman–Crippen MR) is 94.1 cm³/mol. The Balaban J connectivity index is 1.55. The number of amides is 1. The Bertz CT molecular complexity index is 852. The van der Waals surface area contributed by atoms with Gasteiger partial charge in [0, 0.05) is 25.3 Å². The van der Waals surface area contributed by atoms with Gasteiger partial charge in [0.05, 0.1) is 0 Å². The van der Waals surface area contributed by atoms with Crippen LogP contribution in [0.4, 0.5) is 0 Å². The molecule has 0 aliphatic heterocycles. The molecule has 0 saturated heterocycles. The average molecular weight is 343 g/mol. The standard InChI is InChI=1S/C17H21N5OS/c1-11(2)16-19-20-17-22(16)21-15(24-17)9-8-14(23)18-10-13-7-5-4-6-12(13)3/h4-7,11H,8-10H2,1-3H3,(H,18,23). The van der Waals surface area contributed by atoms with Crippen LogP contribution in [0.25, 0.3) is 4.96 Å². The first-order valence-electron chi connectivity index (χ1n) is 8.07. The van der Waals surface area contributed by atoms with Crippen LogP contribution in [-0.4, -0.2) is 25.7 Å². The maximum atomic E-state index is 12.1. The number of aryl methyl sites for hydroxylation is 2. The minimum absolute atomic E-state index is 0.0355. The number of nitrogens with one attached hydrogen (secondary N) is 1. The lowest BCUT2D eigenvalue weighted by Gasteiger charge is -2.07. The zero-order valence-electron chi connectivity index (χ0n) is 14.1. The summed E-state index contributed by atoms with van der Waals surface area (Å²) in [5.41, 5.74) is 2.33. The van der Waals surface area contributed by atoms with Crippen molar-refractivity contribution in [3.63, 3.8) is 0 Å². The van der Waals surface area contributed by atoms with Crippen molar-refractivity contribution < 1.29 is 4.79 Å². The lowest BCUT2D eigenvalue weighted by Crippen LogP contribution is -2.23. The second-order valence-electron chi connectivity index (χ2n) is 6.11. The SMILES string of the molecule is Cc1ccccc1CNC(=O)CCc1nn2c(C(C)C)nnc2s1. The van der Waals surface area contributed by atoms with Crippen molar-refractivity contribution in [2.24, 2.45) is 0 Å². The van der Waals surface area contributed by atoms with Crippen molar-refractivity contribution in [3.05, 3.63) is 46.2 Å². The first-order chi connectivity index (χ1) is 11.5. The second-order valence-corrected chi connectivity index (χ2v) is 7.15. The smallest absolute Gasteiger partial charge is 0.234 e. The third-order valence-corrected chi connectivity index (χ3v) is 4.83. The van der Waals surface area contributed by atoms with Gasteiger partial charge < -0.3 is 5.32 Å². The van der Waals surface area contributed by atoms with Gasteiger partial charge in [-0.15, -0.1) is 10.2 Å². The topological polar surface area (TPSA) is 72.2 Å². The molecule has 0 atom stereocenters. The molecule has 0 saturated carbocycles. The van der Waals surface area contributed by atoms with Crippen molar-refractivity contribution in [1.29, 1.82) is 0 Å². The lowest BCUT2D eigenvalue weighted by atomic mass is 10.1. The van der Waals surface area contributed by atoms with Gasteiger partial charge in [0.15, 0.2) is 5.82 Å². The fourth-order valence-electron chi connectivity index (χ4n) is 2.44. The van der Waals surface area contributed by atoms with Crippen LogP contribution in [0.2, 0.25) is 0 Å². The van der Waals surface area contributed by atoms with Gasteiger partial charge in [-0.05, 0) is 18.1 Å². The first kappa shape index (κ1) is 16.6. The van der Waals surface area contributed by atoms with E-state index in [1.54, 1.807) is 4.52 Å². The summed E-state index contributed by atoms with van der Waals surface area (Å²) < 4.78 is 1.79. The number of benzene rings is 1. The van der Waals surface area contributed by atoms with Crippen LogP contribution in [0.15, 0.2) is 24.3 Å². The van der Waals surface area contributed by atoms with E-state index in [2.05, 4.69) is 34.5 Å². The monoisotopic (exact) mass is 343 g/mol. The van der Waals surface area contributed by atoms with E-state index in [0.717, 1.165) is 21.4 Å². The summed E-state index contributed by atoms with van der Waals surface area (Å²) in [5.74, 6) is 1.16. The Morgan fingerprint density at radius 1 is 1.29 bits per heavy atom. The Hall–Kier alpha value is -2.28. The number of nitrogens with zero attached hydrogens (tertiary/aromatic N) is 4. The van der Waals surface area contributed by atoms with Gasteiger partial charge in [-0.25, -0.2) is 0 Å². The molecule has 3 rings (SSSR count). The minimum Gasteiger partial charge on any atom is -0.352 e. The van der Waals surface area contributed by atoms with Gasteiger partial charge in [0.25, 0.3) is 0 Å². The van der Waals surface area contributed by atoms with Crippen LogP contribution in [0.5, 0.6) is 0 Å². The maximum absolute atomic E-state index is 12.1. The summed E-state index contributed by atoms with van der Waals surface area (Å²) in [6.45, 7) is 6.74. The van der Waals surface area contributed by atoms with Gasteiger partial charge in [-0.3, -0.25) is 4.79 Å². The zero-order valence-corrected chi connectivity index (χ0v) is 14.9. The summed E-state index contributed by atoms with van der Waals surface area (Å²) in [5, 5.41) is 16.7. The molecule has 0 bridgehead atoms. The van der Waals surface area contributed by atoms with E-state index in [0.29, 0.717) is 19.4 Å². The highest BCUT2D eigenvalue weighted by Gasteiger charge is 2.14. The molecule has 1 aromatic carbocycles. The molecule has 2 aromatic heterocycles. The van der Waals surface area contributed by atoms with E-state index in [4.69, 9.17) is 0 Å². The summed E-state index contributed by atoms with van der Waals surface area (Å²) in [7, 11) is 0. The first-order valence-corrected chi connectivity index (χ1v) is 8.88. The highest BCUT2D eigenvalue weighted by molar-refractivity contribution is 7.16. The molecule has 126 valence electrons. The number of hydrogen-bond acceptors (Lipinski definition) is 5. The molecule has 7 heteroatoms. The molecule has 1 amide bonds. The molecule has 0 spiro atoms. The van der Waals surface area contributed by atoms with Crippen LogP contribution < -0.4 is 5.32 Å². The van der Waals surface area contributed by atoms with Gasteiger partial charge >= 0.3 is 0 Å². The molecule has 0 radical (unpaired) electrons. The van der Waals surface area contributed by atoms with Gasteiger partial charge in [-0.2, -0.15) is 9.61 Å². The van der Waals surface area contributed by atoms with E-state index < -0.39 is 0 Å². The third kappa shape index (κ3) is 3.62. The number of hydrogen-bond donors (Lipinski definition) is 1. The second kappa shape index (κ2) is 7.09. The molecule has 3 aromatic rings. The van der Waals surface area contributed by atoms with Gasteiger partial charge in [0.1, 0.15) is 5.01 Å². The van der Waals surface area contributed by atoms with E-state index >= 15 is 0 Å². The average Bonchev–Trinajstić information content (AvgIpc) is 3.11. The minimum atomic E-state index is 0.0355. The van der Waals surface area contributed by atoms with Crippen molar-refractivity contribution in [3.8, 4) is 0 Å². The summed E-state index contributed by atoms with van der Waals surface area (Å²) in [6.07, 6.45) is 1.04. The lowest BCUT2D eigenvalue weighted by molar-refractivity contribution is -0.121. The molecule has 6 nitrogen and oxygen atoms in total. The van der Waals surface area contributed by atoms with Crippen LogP contribution in [0, 0.1) is 6.92 Å². The molecule has 0 aliphatic carbocycles. The summed E-state index contributed by atoms with van der Waals surface area (Å²) in [4.78, 5) is 12.8. The summed E-state index contributed by atoms with van der Waals surface area (Å²) >= 11 is 1.49. The van der Waals surface area contributed by atoms with E-state index in [9.17, 15) is 4.79 Å². The van der Waals surface area contributed by atoms with Crippen molar-refractivity contribution in [1.82, 2.24) is 25.1 Å². The van der Waals surface area contributed by atoms with Crippen molar-refractivity contribution >= 4 is 22.2 Å². The molecule has 24 heavy (non-hydrogen) atoms. The Morgan fingerprint density at radius 3 is 2.83 bits per heavy atom. The third-order valence-electron chi connectivity index (χ3n) is 3.88. The molecular weight excluding hydrogens is 322 g/mol. The van der Waals surface area contributed by atoms with Crippen LogP contribution in [-0.2, 0) is 17.8 Å². The highest BCUT2D eigenvalue weighted by Crippen LogP contribution is 2.19. The fourth-order valence-corrected chi connectivity index (χ4v) is 3.28. The van der Waals surface area contributed by atoms with Crippen LogP contribution in [0.1, 0.15) is 48.1 Å². The number of rotatable bonds is 6. The van der Waals surface area contributed by atoms with E-state index in [1.807, 2.05) is 31.2 Å². The molecule has 2 heterocycles. The molecule has 0 fully saturated rings. The Morgan fingerprint density at radius 2 is 2.08 bits per heavy atom. The fraction of sp³-hybridized carbons (Fsp3) is 0.412. The van der Waals surface area contributed by atoms with Crippen LogP contribution in [0.3, 0.4) is 0 Å². The quantitative estimate of drug-likeness (QED) is 0.747. The van der Waals surface area contributed by atoms with E-state index in [1.165, 1.54) is 16.9 Å². The highest BCUT2D eigenvalue weighted by atomic mass is 32.1. The number of aromatic nitrogens is 4. The number of carbonyl (C=O) groups is 1. The molecule has 0 unspecified atom stereocenters. The largest absolute Gasteiger partial charge is 0.352 e. The van der Waals surface area contributed by atoms with Crippen LogP contribution >= 0.6 is 11.3 Å². The van der Waals surface area contributed by atoms with Gasteiger partial charge in [-0.1, -0.05) is 49.4 Å².